The van der Waals surface area contributed by atoms with Crippen molar-refractivity contribution in [2.45, 2.75) is 20.0 Å². The number of nitrogens with one attached hydrogen (secondary N) is 1. The number of ether oxygens (including phenoxy) is 2. The highest BCUT2D eigenvalue weighted by Crippen LogP contribution is 2.15. The number of ketones is 1. The lowest BCUT2D eigenvalue weighted by Crippen LogP contribution is -2.31. The SMILES string of the molecule is COc1ccc(C(=O)[C@@H](C)OC(=O)/C(=C/c2ccccc2)NC(C)=O)cc1. The molecule has 1 N–H and O–H groups in total. The van der Waals surface area contributed by atoms with Crippen molar-refractivity contribution < 1.29 is 23.9 Å². The van der Waals surface area contributed by atoms with Crippen molar-refractivity contribution in [1.29, 1.82) is 0 Å². The first-order chi connectivity index (χ1) is 12.9. The first-order valence-electron chi connectivity index (χ1n) is 8.34. The number of carbonyl (C=O) groups is 3. The van der Waals surface area contributed by atoms with Crippen molar-refractivity contribution in [3.8, 4) is 5.75 Å². The number of methoxy groups -OCH3 is 1. The predicted octanol–water partition coefficient (Wildman–Crippen LogP) is 2.99. The molecule has 0 aliphatic rings. The number of benzene rings is 2. The number of hydrogen-bond acceptors (Lipinski definition) is 5. The van der Waals surface area contributed by atoms with Crippen LogP contribution in [0.2, 0.25) is 0 Å². The maximum Gasteiger partial charge on any atom is 0.355 e. The fourth-order valence-corrected chi connectivity index (χ4v) is 2.32. The standard InChI is InChI=1S/C21H21NO5/c1-14(20(24)17-9-11-18(26-3)12-10-17)27-21(25)19(22-15(2)23)13-16-7-5-4-6-8-16/h4-14H,1-3H3,(H,22,23)/b19-13-/t14-/m1/s1. The van der Waals surface area contributed by atoms with Gasteiger partial charge in [-0.25, -0.2) is 4.79 Å². The largest absolute Gasteiger partial charge is 0.497 e. The molecule has 2 aromatic rings. The molecule has 6 nitrogen and oxygen atoms in total. The van der Waals surface area contributed by atoms with Gasteiger partial charge in [0.25, 0.3) is 0 Å². The molecule has 6 heteroatoms. The second-order valence-corrected chi connectivity index (χ2v) is 5.79. The number of Topliss-reactive ketones (excluding diaryl/α,β-unsaturated/α-hetero) is 1. The van der Waals surface area contributed by atoms with Crippen molar-refractivity contribution in [1.82, 2.24) is 5.32 Å². The van der Waals surface area contributed by atoms with E-state index in [4.69, 9.17) is 9.47 Å². The van der Waals surface area contributed by atoms with Gasteiger partial charge in [-0.15, -0.1) is 0 Å². The summed E-state index contributed by atoms with van der Waals surface area (Å²) in [6, 6.07) is 15.5. The van der Waals surface area contributed by atoms with Crippen molar-refractivity contribution in [2.75, 3.05) is 7.11 Å². The van der Waals surface area contributed by atoms with Crippen LogP contribution in [-0.2, 0) is 14.3 Å². The summed E-state index contributed by atoms with van der Waals surface area (Å²) in [5, 5.41) is 2.45. The molecule has 0 aromatic heterocycles. The van der Waals surface area contributed by atoms with Gasteiger partial charge >= 0.3 is 5.97 Å². The molecular weight excluding hydrogens is 346 g/mol. The van der Waals surface area contributed by atoms with Crippen LogP contribution in [0.3, 0.4) is 0 Å². The van der Waals surface area contributed by atoms with Gasteiger partial charge in [0.15, 0.2) is 6.10 Å². The van der Waals surface area contributed by atoms with E-state index in [9.17, 15) is 14.4 Å². The van der Waals surface area contributed by atoms with Crippen LogP contribution in [0, 0.1) is 0 Å². The van der Waals surface area contributed by atoms with Crippen LogP contribution in [0.25, 0.3) is 6.08 Å². The van der Waals surface area contributed by atoms with E-state index in [1.807, 2.05) is 6.07 Å². The zero-order valence-electron chi connectivity index (χ0n) is 15.4. The normalized spacial score (nSPS) is 12.0. The van der Waals surface area contributed by atoms with E-state index in [-0.39, 0.29) is 11.5 Å². The maximum atomic E-state index is 12.5. The highest BCUT2D eigenvalue weighted by Gasteiger charge is 2.22. The summed E-state index contributed by atoms with van der Waals surface area (Å²) < 4.78 is 10.3. The molecule has 2 rings (SSSR count). The summed E-state index contributed by atoms with van der Waals surface area (Å²) in [5.41, 5.74) is 1.07. The predicted molar refractivity (Wildman–Crippen MR) is 101 cm³/mol. The third-order valence-corrected chi connectivity index (χ3v) is 3.67. The van der Waals surface area contributed by atoms with Crippen LogP contribution >= 0.6 is 0 Å². The Bertz CT molecular complexity index is 841. The molecule has 0 aliphatic heterocycles. The average molecular weight is 367 g/mol. The van der Waals surface area contributed by atoms with E-state index < -0.39 is 18.0 Å². The van der Waals surface area contributed by atoms with Gasteiger partial charge in [-0.2, -0.15) is 0 Å². The van der Waals surface area contributed by atoms with Gasteiger partial charge < -0.3 is 14.8 Å². The molecule has 2 aromatic carbocycles. The summed E-state index contributed by atoms with van der Waals surface area (Å²) in [4.78, 5) is 36.3. The Morgan fingerprint density at radius 1 is 1.00 bits per heavy atom. The molecule has 0 radical (unpaired) electrons. The van der Waals surface area contributed by atoms with Crippen LogP contribution in [0.1, 0.15) is 29.8 Å². The fourth-order valence-electron chi connectivity index (χ4n) is 2.32. The van der Waals surface area contributed by atoms with Crippen LogP contribution in [0.5, 0.6) is 5.75 Å². The van der Waals surface area contributed by atoms with Crippen molar-refractivity contribution >= 4 is 23.7 Å². The van der Waals surface area contributed by atoms with Crippen LogP contribution in [-0.4, -0.2) is 30.9 Å². The van der Waals surface area contributed by atoms with Crippen molar-refractivity contribution in [2.24, 2.45) is 0 Å². The van der Waals surface area contributed by atoms with Gasteiger partial charge in [-0.1, -0.05) is 30.3 Å². The molecule has 1 atom stereocenters. The minimum atomic E-state index is -1.01. The number of esters is 1. The average Bonchev–Trinajstić information content (AvgIpc) is 2.67. The van der Waals surface area contributed by atoms with E-state index in [1.54, 1.807) is 48.5 Å². The Morgan fingerprint density at radius 3 is 2.19 bits per heavy atom. The second-order valence-electron chi connectivity index (χ2n) is 5.79. The highest BCUT2D eigenvalue weighted by molar-refractivity contribution is 6.03. The maximum absolute atomic E-state index is 12.5. The van der Waals surface area contributed by atoms with Crippen LogP contribution in [0.4, 0.5) is 0 Å². The van der Waals surface area contributed by atoms with Gasteiger partial charge in [-0.3, -0.25) is 9.59 Å². The second kappa shape index (κ2) is 9.33. The lowest BCUT2D eigenvalue weighted by Gasteiger charge is -2.14. The van der Waals surface area contributed by atoms with Crippen LogP contribution in [0.15, 0.2) is 60.3 Å². The highest BCUT2D eigenvalue weighted by atomic mass is 16.5. The zero-order chi connectivity index (χ0) is 19.8. The Morgan fingerprint density at radius 2 is 1.63 bits per heavy atom. The Balaban J connectivity index is 2.14. The van der Waals surface area contributed by atoms with E-state index in [2.05, 4.69) is 5.32 Å². The number of rotatable bonds is 7. The number of carbonyl (C=O) groups excluding carboxylic acids is 3. The lowest BCUT2D eigenvalue weighted by atomic mass is 10.1. The quantitative estimate of drug-likeness (QED) is 0.462. The molecule has 0 saturated heterocycles. The summed E-state index contributed by atoms with van der Waals surface area (Å²) in [5.74, 6) is -0.936. The first kappa shape index (κ1) is 19.9. The molecule has 0 saturated carbocycles. The van der Waals surface area contributed by atoms with E-state index in [1.165, 1.54) is 27.0 Å². The molecular formula is C21H21NO5. The minimum Gasteiger partial charge on any atom is -0.497 e. The summed E-state index contributed by atoms with van der Waals surface area (Å²) >= 11 is 0. The van der Waals surface area contributed by atoms with Crippen molar-refractivity contribution in [3.63, 3.8) is 0 Å². The van der Waals surface area contributed by atoms with Gasteiger partial charge in [0, 0.05) is 12.5 Å². The van der Waals surface area contributed by atoms with Gasteiger partial charge in [-0.05, 0) is 42.8 Å². The van der Waals surface area contributed by atoms with Gasteiger partial charge in [0.2, 0.25) is 11.7 Å². The zero-order valence-corrected chi connectivity index (χ0v) is 15.4. The van der Waals surface area contributed by atoms with Crippen LogP contribution < -0.4 is 10.1 Å². The summed E-state index contributed by atoms with van der Waals surface area (Å²) in [6.45, 7) is 2.77. The molecule has 0 spiro atoms. The van der Waals surface area contributed by atoms with Gasteiger partial charge in [0.1, 0.15) is 11.4 Å². The lowest BCUT2D eigenvalue weighted by molar-refractivity contribution is -0.142. The third-order valence-electron chi connectivity index (χ3n) is 3.67. The number of hydrogen-bond donors (Lipinski definition) is 1. The molecule has 0 unspecified atom stereocenters. The van der Waals surface area contributed by atoms with Gasteiger partial charge in [0.05, 0.1) is 7.11 Å². The van der Waals surface area contributed by atoms with E-state index >= 15 is 0 Å². The Kier molecular flexibility index (Phi) is 6.88. The first-order valence-corrected chi connectivity index (χ1v) is 8.34. The Labute approximate surface area is 157 Å². The summed E-state index contributed by atoms with van der Waals surface area (Å²) in [6.07, 6.45) is 0.479. The topological polar surface area (TPSA) is 81.7 Å². The Hall–Kier alpha value is -3.41. The molecule has 140 valence electrons. The molecule has 1 amide bonds. The third kappa shape index (κ3) is 5.81. The molecule has 0 aliphatic carbocycles. The smallest absolute Gasteiger partial charge is 0.355 e. The minimum absolute atomic E-state index is 0.0388. The molecule has 0 heterocycles. The van der Waals surface area contributed by atoms with Crippen molar-refractivity contribution in [3.05, 3.63) is 71.4 Å². The molecule has 27 heavy (non-hydrogen) atoms. The monoisotopic (exact) mass is 367 g/mol. The van der Waals surface area contributed by atoms with E-state index in [0.29, 0.717) is 16.9 Å². The summed E-state index contributed by atoms with van der Waals surface area (Å²) in [7, 11) is 1.53. The number of amides is 1. The molecule has 0 bridgehead atoms. The fraction of sp³-hybridized carbons (Fsp3) is 0.190. The van der Waals surface area contributed by atoms with E-state index in [0.717, 1.165) is 0 Å². The molecule has 0 fully saturated rings.